The van der Waals surface area contributed by atoms with E-state index < -0.39 is 17.2 Å². The second-order valence-corrected chi connectivity index (χ2v) is 7.43. The van der Waals surface area contributed by atoms with Gasteiger partial charge in [-0.25, -0.2) is 8.78 Å². The number of nitrogens with one attached hydrogen (secondary N) is 2. The molecule has 0 saturated carbocycles. The lowest BCUT2D eigenvalue weighted by Gasteiger charge is -2.18. The Balaban J connectivity index is 1.73. The second-order valence-electron chi connectivity index (χ2n) is 7.43. The highest BCUT2D eigenvalue weighted by molar-refractivity contribution is 5.74. The number of ether oxygens (including phenoxy) is 1. The number of dihydropyridines is 1. The summed E-state index contributed by atoms with van der Waals surface area (Å²) < 4.78 is 34.1. The van der Waals surface area contributed by atoms with Crippen LogP contribution in [-0.2, 0) is 6.54 Å². The van der Waals surface area contributed by atoms with Gasteiger partial charge in [-0.15, -0.1) is 0 Å². The molecule has 1 aliphatic rings. The van der Waals surface area contributed by atoms with E-state index in [1.807, 2.05) is 43.5 Å². The normalized spacial score (nSPS) is 12.8. The first-order chi connectivity index (χ1) is 15.4. The van der Waals surface area contributed by atoms with Crippen LogP contribution in [0.5, 0.6) is 5.75 Å². The Hall–Kier alpha value is -3.94. The molecule has 8 heteroatoms. The van der Waals surface area contributed by atoms with Gasteiger partial charge in [0.05, 0.1) is 19.9 Å². The summed E-state index contributed by atoms with van der Waals surface area (Å²) in [5.41, 5.74) is 3.68. The number of aromatic nitrogens is 2. The zero-order valence-electron chi connectivity index (χ0n) is 17.7. The van der Waals surface area contributed by atoms with Crippen LogP contribution in [0.1, 0.15) is 16.7 Å². The number of benzene rings is 2. The van der Waals surface area contributed by atoms with Crippen LogP contribution in [0, 0.1) is 18.6 Å². The summed E-state index contributed by atoms with van der Waals surface area (Å²) in [6, 6.07) is 9.26. The van der Waals surface area contributed by atoms with Crippen molar-refractivity contribution in [1.29, 1.82) is 0 Å². The van der Waals surface area contributed by atoms with Crippen molar-refractivity contribution < 1.29 is 13.5 Å². The van der Waals surface area contributed by atoms with Crippen molar-refractivity contribution in [3.05, 3.63) is 99.6 Å². The van der Waals surface area contributed by atoms with E-state index in [2.05, 4.69) is 15.6 Å². The van der Waals surface area contributed by atoms with E-state index in [0.717, 1.165) is 28.5 Å². The van der Waals surface area contributed by atoms with Gasteiger partial charge in [-0.2, -0.15) is 4.98 Å². The molecule has 0 atom stereocenters. The molecule has 0 saturated heterocycles. The van der Waals surface area contributed by atoms with Crippen LogP contribution < -0.4 is 20.9 Å². The van der Waals surface area contributed by atoms with Crippen molar-refractivity contribution in [2.24, 2.45) is 0 Å². The molecular weight excluding hydrogens is 414 g/mol. The van der Waals surface area contributed by atoms with Gasteiger partial charge in [0, 0.05) is 18.3 Å². The smallest absolute Gasteiger partial charge is 0.316 e. The van der Waals surface area contributed by atoms with Crippen molar-refractivity contribution in [2.45, 2.75) is 13.5 Å². The summed E-state index contributed by atoms with van der Waals surface area (Å²) in [6.45, 7) is 2.72. The van der Waals surface area contributed by atoms with E-state index in [9.17, 15) is 13.6 Å². The second kappa shape index (κ2) is 9.05. The lowest BCUT2D eigenvalue weighted by atomic mass is 10.0. The summed E-state index contributed by atoms with van der Waals surface area (Å²) in [4.78, 5) is 16.4. The quantitative estimate of drug-likeness (QED) is 0.608. The molecule has 3 aromatic rings. The topological polar surface area (TPSA) is 68.2 Å². The molecule has 164 valence electrons. The van der Waals surface area contributed by atoms with Gasteiger partial charge in [-0.3, -0.25) is 4.79 Å². The Morgan fingerprint density at radius 3 is 2.66 bits per heavy atom. The number of hydrogen-bond acceptors (Lipinski definition) is 5. The zero-order valence-corrected chi connectivity index (χ0v) is 17.7. The van der Waals surface area contributed by atoms with Crippen LogP contribution in [0.15, 0.2) is 65.7 Å². The first kappa shape index (κ1) is 21.3. The molecule has 0 aliphatic carbocycles. The Bertz CT molecular complexity index is 1260. The SMILES string of the molecule is COc1cn(Cc2cc(F)cc(F)c2)c(Nc2cc(C3=CC=CNC3)ccc2C)nc1=O. The molecule has 0 bridgehead atoms. The molecule has 2 heterocycles. The van der Waals surface area contributed by atoms with E-state index in [-0.39, 0.29) is 18.2 Å². The largest absolute Gasteiger partial charge is 0.490 e. The number of methoxy groups -OCH3 is 1. The minimum Gasteiger partial charge on any atom is -0.490 e. The van der Waals surface area contributed by atoms with Crippen molar-refractivity contribution >= 4 is 17.2 Å². The first-order valence-corrected chi connectivity index (χ1v) is 10.0. The third kappa shape index (κ3) is 4.69. The molecule has 0 unspecified atom stereocenters. The number of nitrogens with zero attached hydrogens (tertiary/aromatic N) is 2. The van der Waals surface area contributed by atoms with Gasteiger partial charge in [0.25, 0.3) is 0 Å². The van der Waals surface area contributed by atoms with Gasteiger partial charge in [0.15, 0.2) is 0 Å². The predicted molar refractivity (Wildman–Crippen MR) is 120 cm³/mol. The van der Waals surface area contributed by atoms with Crippen LogP contribution in [0.4, 0.5) is 20.4 Å². The van der Waals surface area contributed by atoms with E-state index in [0.29, 0.717) is 12.1 Å². The van der Waals surface area contributed by atoms with Crippen molar-refractivity contribution in [3.8, 4) is 5.75 Å². The molecule has 0 amide bonds. The lowest BCUT2D eigenvalue weighted by Crippen LogP contribution is -2.19. The minimum absolute atomic E-state index is 0.0307. The van der Waals surface area contributed by atoms with Gasteiger partial charge in [-0.1, -0.05) is 18.2 Å². The average Bonchev–Trinajstić information content (AvgIpc) is 2.77. The Morgan fingerprint density at radius 2 is 1.97 bits per heavy atom. The van der Waals surface area contributed by atoms with Crippen molar-refractivity contribution in [2.75, 3.05) is 19.0 Å². The zero-order chi connectivity index (χ0) is 22.7. The lowest BCUT2D eigenvalue weighted by molar-refractivity contribution is 0.402. The van der Waals surface area contributed by atoms with Crippen LogP contribution in [0.25, 0.3) is 5.57 Å². The number of aryl methyl sites for hydroxylation is 1. The van der Waals surface area contributed by atoms with E-state index in [1.165, 1.54) is 25.4 Å². The fraction of sp³-hybridized carbons (Fsp3) is 0.167. The molecule has 0 spiro atoms. The van der Waals surface area contributed by atoms with Gasteiger partial charge in [0.2, 0.25) is 11.7 Å². The summed E-state index contributed by atoms with van der Waals surface area (Å²) in [6.07, 6.45) is 7.32. The molecular formula is C24H22F2N4O2. The predicted octanol–water partition coefficient (Wildman–Crippen LogP) is 4.13. The van der Waals surface area contributed by atoms with Crippen LogP contribution in [0.2, 0.25) is 0 Å². The fourth-order valence-corrected chi connectivity index (χ4v) is 3.47. The Morgan fingerprint density at radius 1 is 1.19 bits per heavy atom. The molecule has 2 aromatic carbocycles. The maximum atomic E-state index is 13.7. The van der Waals surface area contributed by atoms with Gasteiger partial charge in [0.1, 0.15) is 11.6 Å². The number of rotatable bonds is 6. The Kier molecular flexibility index (Phi) is 6.02. The molecule has 6 nitrogen and oxygen atoms in total. The molecule has 1 aromatic heterocycles. The molecule has 1 aliphatic heterocycles. The minimum atomic E-state index is -0.678. The molecule has 2 N–H and O–H groups in total. The number of anilines is 2. The highest BCUT2D eigenvalue weighted by atomic mass is 19.1. The van der Waals surface area contributed by atoms with Crippen LogP contribution in [0.3, 0.4) is 0 Å². The third-order valence-electron chi connectivity index (χ3n) is 5.12. The van der Waals surface area contributed by atoms with Crippen LogP contribution >= 0.6 is 0 Å². The molecule has 0 fully saturated rings. The van der Waals surface area contributed by atoms with E-state index >= 15 is 0 Å². The van der Waals surface area contributed by atoms with E-state index in [1.54, 1.807) is 4.57 Å². The maximum absolute atomic E-state index is 13.7. The van der Waals surface area contributed by atoms with Crippen molar-refractivity contribution in [1.82, 2.24) is 14.9 Å². The number of allylic oxidation sites excluding steroid dienone is 2. The van der Waals surface area contributed by atoms with Gasteiger partial charge < -0.3 is 19.9 Å². The maximum Gasteiger partial charge on any atom is 0.316 e. The number of hydrogen-bond donors (Lipinski definition) is 2. The molecule has 32 heavy (non-hydrogen) atoms. The summed E-state index contributed by atoms with van der Waals surface area (Å²) in [5, 5.41) is 6.39. The molecule has 0 radical (unpaired) electrons. The summed E-state index contributed by atoms with van der Waals surface area (Å²) >= 11 is 0. The average molecular weight is 436 g/mol. The van der Waals surface area contributed by atoms with Gasteiger partial charge >= 0.3 is 5.56 Å². The highest BCUT2D eigenvalue weighted by Crippen LogP contribution is 2.26. The standard InChI is InChI=1S/C24H22F2N4O2/c1-15-5-6-17(18-4-3-7-27-12-18)10-21(15)28-24-29-23(31)22(32-2)14-30(24)13-16-8-19(25)11-20(26)9-16/h3-11,14,27H,12-13H2,1-2H3,(H,28,29,31). The summed E-state index contributed by atoms with van der Waals surface area (Å²) in [7, 11) is 1.37. The third-order valence-corrected chi connectivity index (χ3v) is 5.12. The van der Waals surface area contributed by atoms with E-state index in [4.69, 9.17) is 4.74 Å². The van der Waals surface area contributed by atoms with Crippen LogP contribution in [-0.4, -0.2) is 23.2 Å². The Labute approximate surface area is 183 Å². The first-order valence-electron chi connectivity index (χ1n) is 10.0. The highest BCUT2D eigenvalue weighted by Gasteiger charge is 2.13. The van der Waals surface area contributed by atoms with Crippen molar-refractivity contribution in [3.63, 3.8) is 0 Å². The van der Waals surface area contributed by atoms with Gasteiger partial charge in [-0.05, 0) is 59.7 Å². The number of halogens is 2. The summed E-state index contributed by atoms with van der Waals surface area (Å²) in [5.74, 6) is -1.09. The monoisotopic (exact) mass is 436 g/mol. The molecule has 4 rings (SSSR count). The fourth-order valence-electron chi connectivity index (χ4n) is 3.47.